The minimum Gasteiger partial charge on any atom is -0.544 e. The summed E-state index contributed by atoms with van der Waals surface area (Å²) >= 11 is 0. The first-order valence-electron chi connectivity index (χ1n) is 23.7. The van der Waals surface area contributed by atoms with Crippen LogP contribution in [0.25, 0.3) is 0 Å². The third kappa shape index (κ3) is 27.2. The number of nitrogens with zero attached hydrogens (tertiary/aromatic N) is 3. The van der Waals surface area contributed by atoms with Crippen molar-refractivity contribution in [3.63, 3.8) is 0 Å². The first-order valence-corrected chi connectivity index (χ1v) is 23.7. The molecule has 2 saturated heterocycles. The first-order chi connectivity index (χ1) is 34.5. The molecule has 0 spiro atoms. The molecule has 14 unspecified atom stereocenters. The molecule has 0 aromatic carbocycles. The van der Waals surface area contributed by atoms with Gasteiger partial charge < -0.3 is 153 Å². The summed E-state index contributed by atoms with van der Waals surface area (Å²) in [5.74, 6) is -4.58. The van der Waals surface area contributed by atoms with Gasteiger partial charge in [0.05, 0.1) is 104 Å². The Morgan fingerprint density at radius 1 is 0.421 bits per heavy atom. The van der Waals surface area contributed by atoms with E-state index < -0.39 is 229 Å². The first kappa shape index (κ1) is 78.5. The van der Waals surface area contributed by atoms with Crippen LogP contribution in [0, 0.1) is 0 Å². The molecule has 15 N–H and O–H groups in total. The van der Waals surface area contributed by atoms with E-state index in [4.69, 9.17) is 33.2 Å². The van der Waals surface area contributed by atoms with E-state index in [1.807, 2.05) is 0 Å². The molecule has 2 fully saturated rings. The van der Waals surface area contributed by atoms with Crippen LogP contribution in [0.4, 0.5) is 0 Å². The van der Waals surface area contributed by atoms with Gasteiger partial charge in [0.1, 0.15) is 152 Å². The molecule has 2 aliphatic rings. The molecule has 2 heterocycles. The molecule has 0 aromatic rings. The number of carboxylic acids is 3. The van der Waals surface area contributed by atoms with Gasteiger partial charge >= 0.3 is 88.7 Å². The third-order valence-corrected chi connectivity index (χ3v) is 12.6. The van der Waals surface area contributed by atoms with E-state index in [0.717, 1.165) is 0 Å². The van der Waals surface area contributed by atoms with Gasteiger partial charge in [-0.1, -0.05) is 0 Å². The summed E-state index contributed by atoms with van der Waals surface area (Å²) in [5.41, 5.74) is 0. The molecule has 31 nitrogen and oxygen atoms in total. The van der Waals surface area contributed by atoms with Crippen LogP contribution in [0.1, 0.15) is 0 Å². The fourth-order valence-corrected chi connectivity index (χ4v) is 9.16. The number of aliphatic carboxylic acids is 3. The zero-order valence-electron chi connectivity index (χ0n) is 43.6. The largest absolute Gasteiger partial charge is 1.00 e. The van der Waals surface area contributed by atoms with E-state index in [0.29, 0.717) is 0 Å². The van der Waals surface area contributed by atoms with Gasteiger partial charge in [0, 0.05) is 0 Å². The second kappa shape index (κ2) is 40.6. The number of rotatable bonds is 41. The Morgan fingerprint density at radius 3 is 1.07 bits per heavy atom. The van der Waals surface area contributed by atoms with Crippen molar-refractivity contribution < 1.29 is 242 Å². The number of aliphatic hydroxyl groups is 15. The van der Waals surface area contributed by atoms with Crippen LogP contribution in [0.15, 0.2) is 0 Å². The second-order valence-electron chi connectivity index (χ2n) is 18.5. The van der Waals surface area contributed by atoms with Crippen LogP contribution in [-0.4, -0.2) is 358 Å². The minimum absolute atomic E-state index is 0. The average Bonchev–Trinajstić information content (AvgIpc) is 3.27. The fraction of sp³-hybridized carbons (Fsp3) is 0.929. The van der Waals surface area contributed by atoms with Gasteiger partial charge in [-0.05, 0) is 0 Å². The van der Waals surface area contributed by atoms with Gasteiger partial charge in [0.2, 0.25) is 0 Å². The molecule has 0 radical (unpaired) electrons. The summed E-state index contributed by atoms with van der Waals surface area (Å²) in [6, 6.07) is 0. The van der Waals surface area contributed by atoms with Crippen molar-refractivity contribution in [1.82, 2.24) is 0 Å². The fourth-order valence-electron chi connectivity index (χ4n) is 9.16. The van der Waals surface area contributed by atoms with E-state index in [9.17, 15) is 106 Å². The van der Waals surface area contributed by atoms with Crippen molar-refractivity contribution in [3.05, 3.63) is 0 Å². The standard InChI is InChI=1S/C42H79N3O28.3Na/c46-7-1-43(2-8-47,16-32(56)57)13-26(52)19-67-25-31-36(63)39(70-22-28(54)15-45(5-11-50,6-12-51)18-34(60)61)40(42(66)73-31)71-23-29(55)20-68-24-30-35(62)38(37(64)41(65)72-30)69-21-27(53)14-44(3-9-48,4-10-49)17-33(58)59;;;/h26-31,35-42,46-55,62-66H,1-25H2;;;/q;3*+1. The van der Waals surface area contributed by atoms with Crippen LogP contribution >= 0.6 is 0 Å². The van der Waals surface area contributed by atoms with Crippen molar-refractivity contribution >= 4 is 17.9 Å². The summed E-state index contributed by atoms with van der Waals surface area (Å²) in [7, 11) is 0. The van der Waals surface area contributed by atoms with Gasteiger partial charge in [0.15, 0.2) is 12.6 Å². The molecule has 430 valence electrons. The van der Waals surface area contributed by atoms with Crippen molar-refractivity contribution in [2.24, 2.45) is 0 Å². The van der Waals surface area contributed by atoms with Gasteiger partial charge in [-0.25, -0.2) is 0 Å². The number of ether oxygens (including phenoxy) is 7. The van der Waals surface area contributed by atoms with E-state index in [-0.39, 0.29) is 141 Å². The van der Waals surface area contributed by atoms with Crippen molar-refractivity contribution in [2.75, 3.05) is 164 Å². The number of carboxylic acid groups (broad SMARTS) is 3. The maximum atomic E-state index is 11.6. The number of carbonyl (C=O) groups excluding carboxylic acids is 3. The van der Waals surface area contributed by atoms with Crippen LogP contribution < -0.4 is 104 Å². The van der Waals surface area contributed by atoms with Crippen LogP contribution in [-0.2, 0) is 47.5 Å². The monoisotopic (exact) mass is 1140 g/mol. The Labute approximate surface area is 505 Å². The number of quaternary nitrogens is 3. The molecule has 14 atom stereocenters. The van der Waals surface area contributed by atoms with Gasteiger partial charge in [-0.3, -0.25) is 0 Å². The van der Waals surface area contributed by atoms with Crippen molar-refractivity contribution in [3.8, 4) is 0 Å². The maximum Gasteiger partial charge on any atom is 1.00 e. The topological polar surface area (TPSA) is 488 Å². The third-order valence-electron chi connectivity index (χ3n) is 12.6. The number of hydrogen-bond acceptors (Lipinski definition) is 28. The summed E-state index contributed by atoms with van der Waals surface area (Å²) in [6.45, 7) is -11.6. The molecular formula is C42H79N3Na3O28+3. The predicted molar refractivity (Wildman–Crippen MR) is 231 cm³/mol. The second-order valence-corrected chi connectivity index (χ2v) is 18.5. The molecule has 0 aromatic heterocycles. The van der Waals surface area contributed by atoms with Crippen LogP contribution in [0.3, 0.4) is 0 Å². The SMILES string of the molecule is O=C([O-])C[N+](CCO)(CCO)CC(O)COCC1OC(O)C(OCC(O)COCC2OC(O)C(O)C(OCC(O)C[N+](CCO)(CCO)CC(=O)[O-])C2O)C(OCC(O)C[N+](CCO)(CCO)CC(=O)[O-])C1O.[Na+].[Na+].[Na+]. The normalized spacial score (nSPS) is 25.8. The molecule has 2 rings (SSSR count). The quantitative estimate of drug-likeness (QED) is 0.0200. The summed E-state index contributed by atoms with van der Waals surface area (Å²) in [4.78, 5) is 34.5. The Morgan fingerprint density at radius 2 is 0.711 bits per heavy atom. The van der Waals surface area contributed by atoms with Crippen LogP contribution in [0.2, 0.25) is 0 Å². The summed E-state index contributed by atoms with van der Waals surface area (Å²) in [5, 5.41) is 190. The van der Waals surface area contributed by atoms with E-state index >= 15 is 0 Å². The Balaban J connectivity index is 0. The average molecular weight is 1140 g/mol. The van der Waals surface area contributed by atoms with E-state index in [1.54, 1.807) is 0 Å². The Kier molecular flexibility index (Phi) is 41.9. The predicted octanol–water partition coefficient (Wildman–Crippen LogP) is -24.2. The molecule has 2 aliphatic heterocycles. The minimum atomic E-state index is -1.97. The zero-order chi connectivity index (χ0) is 54.9. The zero-order valence-corrected chi connectivity index (χ0v) is 49.6. The number of hydrogen-bond donors (Lipinski definition) is 15. The molecule has 76 heavy (non-hydrogen) atoms. The van der Waals surface area contributed by atoms with E-state index in [1.165, 1.54) is 0 Å². The molecule has 0 saturated carbocycles. The van der Waals surface area contributed by atoms with Crippen LogP contribution in [0.5, 0.6) is 0 Å². The smallest absolute Gasteiger partial charge is 0.544 e. The van der Waals surface area contributed by atoms with Gasteiger partial charge in [-0.2, -0.15) is 0 Å². The summed E-state index contributed by atoms with van der Waals surface area (Å²) < 4.78 is 37.4. The molecule has 0 aliphatic carbocycles. The maximum absolute atomic E-state index is 11.6. The molecule has 34 heteroatoms. The molecular weight excluding hydrogens is 1060 g/mol. The summed E-state index contributed by atoms with van der Waals surface area (Å²) in [6.07, 6.45) is -23.1. The van der Waals surface area contributed by atoms with Gasteiger partial charge in [0.25, 0.3) is 0 Å². The van der Waals surface area contributed by atoms with Crippen molar-refractivity contribution in [1.29, 1.82) is 0 Å². The van der Waals surface area contributed by atoms with Gasteiger partial charge in [-0.15, -0.1) is 0 Å². The number of carbonyl (C=O) groups is 3. The Bertz CT molecular complexity index is 1560. The Hall–Kier alpha value is 0.410. The van der Waals surface area contributed by atoms with E-state index in [2.05, 4.69) is 0 Å². The molecule has 0 bridgehead atoms. The number of aliphatic hydroxyl groups excluding tert-OH is 15. The van der Waals surface area contributed by atoms with Crippen molar-refractivity contribution in [2.45, 2.75) is 85.8 Å². The molecule has 0 amide bonds.